The molecule has 1 saturated heterocycles. The van der Waals surface area contributed by atoms with E-state index in [0.717, 1.165) is 27.4 Å². The molecule has 294 valence electrons. The van der Waals surface area contributed by atoms with Gasteiger partial charge in [0.25, 0.3) is 5.91 Å². The van der Waals surface area contributed by atoms with Crippen molar-refractivity contribution >= 4 is 40.1 Å². The minimum Gasteiger partial charge on any atom is -0.480 e. The van der Waals surface area contributed by atoms with Gasteiger partial charge in [-0.15, -0.1) is 0 Å². The van der Waals surface area contributed by atoms with Gasteiger partial charge in [-0.2, -0.15) is 13.2 Å². The highest BCUT2D eigenvalue weighted by Gasteiger charge is 2.46. The first-order valence-corrected chi connectivity index (χ1v) is 16.5. The zero-order valence-electron chi connectivity index (χ0n) is 28.8. The molecular formula is C38H41ClF5N7O4. The fraction of sp³-hybridized carbons (Fsp3) is 0.342. The monoisotopic (exact) mass is 789 g/mol. The van der Waals surface area contributed by atoms with Crippen LogP contribution < -0.4 is 10.2 Å². The van der Waals surface area contributed by atoms with Crippen molar-refractivity contribution in [1.82, 2.24) is 30.2 Å². The summed E-state index contributed by atoms with van der Waals surface area (Å²) in [5.74, 6) is -5.33. The molecule has 1 amide bonds. The normalized spacial score (nSPS) is 14.5. The van der Waals surface area contributed by atoms with E-state index in [9.17, 15) is 27.9 Å². The van der Waals surface area contributed by atoms with Gasteiger partial charge in [-0.25, -0.2) is 33.5 Å². The first kappa shape index (κ1) is 44.0. The van der Waals surface area contributed by atoms with E-state index in [1.807, 2.05) is 27.7 Å². The molecule has 0 unspecified atom stereocenters. The topological polar surface area (TPSA) is 143 Å². The summed E-state index contributed by atoms with van der Waals surface area (Å²) in [6.45, 7) is 6.46. The van der Waals surface area contributed by atoms with Crippen molar-refractivity contribution in [1.29, 1.82) is 0 Å². The van der Waals surface area contributed by atoms with Crippen LogP contribution >= 0.6 is 11.6 Å². The maximum Gasteiger partial charge on any atom is 0.411 e. The van der Waals surface area contributed by atoms with E-state index in [0.29, 0.717) is 45.3 Å². The lowest BCUT2D eigenvalue weighted by molar-refractivity contribution is -0.167. The van der Waals surface area contributed by atoms with E-state index in [-0.39, 0.29) is 34.4 Å². The van der Waals surface area contributed by atoms with Crippen LogP contribution in [0.25, 0.3) is 22.3 Å². The Hall–Kier alpha value is -5.35. The number of carbonyl (C=O) groups is 2. The van der Waals surface area contributed by atoms with E-state index in [2.05, 4.69) is 30.2 Å². The smallest absolute Gasteiger partial charge is 0.411 e. The van der Waals surface area contributed by atoms with Crippen LogP contribution in [0.1, 0.15) is 53.3 Å². The van der Waals surface area contributed by atoms with Crippen molar-refractivity contribution in [3.05, 3.63) is 106 Å². The molecule has 5 aromatic rings. The molecule has 1 aliphatic heterocycles. The standard InChI is InChI=1S/C30H26F5N5O4.C6H7ClN2.2CH4/c1-15-13-37-27(38-16(15)2)20-6-5-17(19-4-3-7-36-26(19)20)10-23(29(42)43)39-28(41)25-21(31)11-18(12-22(25)32)40-8-9-44-14-24(40)30(33,34)35;1-4-3-8-6(7)9-5(4)2;;/h3-7,11-13,23-24H,8-10,14H2,1-2H3,(H,39,41)(H,42,43);3H,1-2H3;2*1H4/t23-,24+;;;/m0.../s1. The van der Waals surface area contributed by atoms with E-state index in [1.165, 1.54) is 0 Å². The fourth-order valence-corrected chi connectivity index (χ4v) is 5.70. The summed E-state index contributed by atoms with van der Waals surface area (Å²) in [6, 6.07) is 4.14. The lowest BCUT2D eigenvalue weighted by atomic mass is 9.97. The molecule has 4 heterocycles. The maximum atomic E-state index is 15.1. The lowest BCUT2D eigenvalue weighted by Crippen LogP contribution is -2.53. The van der Waals surface area contributed by atoms with Gasteiger partial charge in [-0.3, -0.25) is 9.78 Å². The summed E-state index contributed by atoms with van der Waals surface area (Å²) in [6.07, 6.45) is -0.0700. The number of carbonyl (C=O) groups excluding carboxylic acids is 1. The Balaban J connectivity index is 0.000000650. The Labute approximate surface area is 320 Å². The Kier molecular flexibility index (Phi) is 14.7. The molecule has 1 fully saturated rings. The summed E-state index contributed by atoms with van der Waals surface area (Å²) < 4.78 is 75.5. The van der Waals surface area contributed by atoms with Crippen molar-refractivity contribution in [2.24, 2.45) is 0 Å². The Bertz CT molecular complexity index is 2150. The molecular weight excluding hydrogens is 749 g/mol. The van der Waals surface area contributed by atoms with Crippen LogP contribution in [0.3, 0.4) is 0 Å². The molecule has 2 N–H and O–H groups in total. The van der Waals surface area contributed by atoms with Gasteiger partial charge in [0.05, 0.1) is 18.7 Å². The average molecular weight is 790 g/mol. The number of aromatic nitrogens is 5. The number of carboxylic acid groups (broad SMARTS) is 1. The van der Waals surface area contributed by atoms with E-state index < -0.39 is 59.6 Å². The second kappa shape index (κ2) is 18.3. The number of aryl methyl sites for hydroxylation is 4. The number of nitrogens with zero attached hydrogens (tertiary/aromatic N) is 6. The number of carboxylic acids is 1. The number of pyridine rings is 1. The maximum absolute atomic E-state index is 15.1. The van der Waals surface area contributed by atoms with Gasteiger partial charge in [-0.05, 0) is 80.3 Å². The summed E-state index contributed by atoms with van der Waals surface area (Å²) in [5, 5.41) is 12.9. The molecule has 2 aromatic carbocycles. The van der Waals surface area contributed by atoms with Crippen LogP contribution in [-0.4, -0.2) is 79.9 Å². The number of morpholine rings is 1. The second-order valence-electron chi connectivity index (χ2n) is 12.2. The van der Waals surface area contributed by atoms with Gasteiger partial charge in [0.2, 0.25) is 5.28 Å². The molecule has 0 saturated carbocycles. The highest BCUT2D eigenvalue weighted by atomic mass is 35.5. The molecule has 0 bridgehead atoms. The molecule has 0 spiro atoms. The largest absolute Gasteiger partial charge is 0.480 e. The van der Waals surface area contributed by atoms with Gasteiger partial charge < -0.3 is 20.1 Å². The number of fused-ring (bicyclic) bond motifs is 1. The average Bonchev–Trinajstić information content (AvgIpc) is 3.10. The molecule has 17 heteroatoms. The number of aliphatic carboxylic acids is 1. The molecule has 3 aromatic heterocycles. The summed E-state index contributed by atoms with van der Waals surface area (Å²) in [5.41, 5.74) is 3.68. The predicted molar refractivity (Wildman–Crippen MR) is 199 cm³/mol. The van der Waals surface area contributed by atoms with Gasteiger partial charge in [0, 0.05) is 59.6 Å². The van der Waals surface area contributed by atoms with E-state index >= 15 is 8.78 Å². The fourth-order valence-electron chi connectivity index (χ4n) is 5.52. The quantitative estimate of drug-likeness (QED) is 0.124. The number of alkyl halides is 3. The number of ether oxygens (including phenoxy) is 1. The predicted octanol–water partition coefficient (Wildman–Crippen LogP) is 7.80. The number of nitrogens with one attached hydrogen (secondary N) is 1. The van der Waals surface area contributed by atoms with Gasteiger partial charge in [-0.1, -0.05) is 27.0 Å². The molecule has 1 aliphatic rings. The third kappa shape index (κ3) is 10.2. The number of amides is 1. The van der Waals surface area contributed by atoms with Crippen molar-refractivity contribution in [2.45, 2.75) is 67.2 Å². The molecule has 6 rings (SSSR count). The molecule has 55 heavy (non-hydrogen) atoms. The SMILES string of the molecule is C.C.Cc1cnc(-c2ccc(C[C@H](NC(=O)c3c(F)cc(N4CCOC[C@@H]4C(F)(F)F)cc3F)C(=O)O)c3cccnc23)nc1C.Cc1cnc(Cl)nc1C. The lowest BCUT2D eigenvalue weighted by Gasteiger charge is -2.38. The van der Waals surface area contributed by atoms with Crippen LogP contribution in [0.4, 0.5) is 27.6 Å². The number of hydrogen-bond acceptors (Lipinski definition) is 9. The third-order valence-corrected chi connectivity index (χ3v) is 8.82. The van der Waals surface area contributed by atoms with E-state index in [1.54, 1.807) is 42.9 Å². The zero-order valence-corrected chi connectivity index (χ0v) is 29.6. The van der Waals surface area contributed by atoms with Crippen LogP contribution in [0.5, 0.6) is 0 Å². The van der Waals surface area contributed by atoms with Crippen LogP contribution in [0.15, 0.2) is 55.0 Å². The third-order valence-electron chi connectivity index (χ3n) is 8.64. The minimum atomic E-state index is -4.73. The number of rotatable bonds is 7. The highest BCUT2D eigenvalue weighted by molar-refractivity contribution is 6.28. The van der Waals surface area contributed by atoms with Gasteiger partial charge in [0.1, 0.15) is 29.3 Å². The molecule has 2 atom stereocenters. The Morgan fingerprint density at radius 2 is 1.62 bits per heavy atom. The summed E-state index contributed by atoms with van der Waals surface area (Å²) in [7, 11) is 0. The Morgan fingerprint density at radius 1 is 0.982 bits per heavy atom. The number of halogens is 6. The van der Waals surface area contributed by atoms with Crippen molar-refractivity contribution < 1.29 is 41.4 Å². The van der Waals surface area contributed by atoms with Crippen LogP contribution in [0.2, 0.25) is 5.28 Å². The number of anilines is 1. The molecule has 11 nitrogen and oxygen atoms in total. The van der Waals surface area contributed by atoms with Gasteiger partial charge >= 0.3 is 12.1 Å². The first-order chi connectivity index (χ1) is 25.0. The van der Waals surface area contributed by atoms with Crippen molar-refractivity contribution in [3.63, 3.8) is 0 Å². The zero-order chi connectivity index (χ0) is 38.6. The Morgan fingerprint density at radius 3 is 2.20 bits per heavy atom. The van der Waals surface area contributed by atoms with Crippen molar-refractivity contribution in [3.8, 4) is 11.4 Å². The summed E-state index contributed by atoms with van der Waals surface area (Å²) in [4.78, 5) is 46.9. The molecule has 0 radical (unpaired) electrons. The molecule has 0 aliphatic carbocycles. The van der Waals surface area contributed by atoms with Gasteiger partial charge in [0.15, 0.2) is 5.82 Å². The second-order valence-corrected chi connectivity index (χ2v) is 12.6. The van der Waals surface area contributed by atoms with Crippen LogP contribution in [-0.2, 0) is 16.0 Å². The summed E-state index contributed by atoms with van der Waals surface area (Å²) >= 11 is 5.49. The minimum absolute atomic E-state index is 0. The van der Waals surface area contributed by atoms with Crippen molar-refractivity contribution in [2.75, 3.05) is 24.7 Å². The number of benzene rings is 2. The number of hydrogen-bond donors (Lipinski definition) is 2. The van der Waals surface area contributed by atoms with Crippen LogP contribution in [0, 0.1) is 39.3 Å². The van der Waals surface area contributed by atoms with E-state index in [4.69, 9.17) is 16.3 Å². The highest BCUT2D eigenvalue weighted by Crippen LogP contribution is 2.33. The first-order valence-electron chi connectivity index (χ1n) is 16.1.